The summed E-state index contributed by atoms with van der Waals surface area (Å²) in [5.74, 6) is -0.858. The minimum absolute atomic E-state index is 0.0421. The summed E-state index contributed by atoms with van der Waals surface area (Å²) in [4.78, 5) is 10.7. The molecule has 1 aromatic carbocycles. The van der Waals surface area contributed by atoms with Gasteiger partial charge in [-0.2, -0.15) is 5.10 Å². The Labute approximate surface area is 106 Å². The topological polar surface area (TPSA) is 55.1 Å². The second-order valence-electron chi connectivity index (χ2n) is 4.50. The standard InChI is InChI=1S/C14H16N2O2/c1-10(2)16-13(11-6-4-3-5-7-11)8-12(15-16)9-14(17)18/h3-8,10H,9H2,1-2H3,(H,17,18). The lowest BCUT2D eigenvalue weighted by molar-refractivity contribution is -0.136. The molecule has 0 aliphatic carbocycles. The molecule has 4 heteroatoms. The third-order valence-electron chi connectivity index (χ3n) is 2.68. The molecule has 94 valence electrons. The molecule has 0 fully saturated rings. The van der Waals surface area contributed by atoms with Crippen LogP contribution in [0.5, 0.6) is 0 Å². The van der Waals surface area contributed by atoms with E-state index in [-0.39, 0.29) is 12.5 Å². The van der Waals surface area contributed by atoms with E-state index in [0.717, 1.165) is 11.3 Å². The van der Waals surface area contributed by atoms with Crippen LogP contribution in [0.4, 0.5) is 0 Å². The van der Waals surface area contributed by atoms with Crippen LogP contribution in [0.3, 0.4) is 0 Å². The number of hydrogen-bond acceptors (Lipinski definition) is 2. The Bertz CT molecular complexity index is 544. The number of carbonyl (C=O) groups is 1. The van der Waals surface area contributed by atoms with Crippen LogP contribution in [0.15, 0.2) is 36.4 Å². The highest BCUT2D eigenvalue weighted by molar-refractivity contribution is 5.70. The SMILES string of the molecule is CC(C)n1nc(CC(=O)O)cc1-c1ccccc1. The van der Waals surface area contributed by atoms with E-state index >= 15 is 0 Å². The van der Waals surface area contributed by atoms with Crippen molar-refractivity contribution in [3.05, 3.63) is 42.1 Å². The van der Waals surface area contributed by atoms with E-state index in [2.05, 4.69) is 5.10 Å². The number of rotatable bonds is 4. The highest BCUT2D eigenvalue weighted by atomic mass is 16.4. The maximum Gasteiger partial charge on any atom is 0.309 e. The van der Waals surface area contributed by atoms with Crippen molar-refractivity contribution in [2.45, 2.75) is 26.3 Å². The first kappa shape index (κ1) is 12.4. The van der Waals surface area contributed by atoms with Crippen molar-refractivity contribution in [2.75, 3.05) is 0 Å². The zero-order chi connectivity index (χ0) is 13.1. The van der Waals surface area contributed by atoms with Crippen LogP contribution in [-0.2, 0) is 11.2 Å². The average Bonchev–Trinajstić information content (AvgIpc) is 2.73. The zero-order valence-corrected chi connectivity index (χ0v) is 10.5. The summed E-state index contributed by atoms with van der Waals surface area (Å²) in [6.45, 7) is 4.06. The summed E-state index contributed by atoms with van der Waals surface area (Å²) < 4.78 is 1.87. The third-order valence-corrected chi connectivity index (χ3v) is 2.68. The van der Waals surface area contributed by atoms with Crippen molar-refractivity contribution < 1.29 is 9.90 Å². The van der Waals surface area contributed by atoms with Crippen molar-refractivity contribution >= 4 is 5.97 Å². The van der Waals surface area contributed by atoms with Gasteiger partial charge < -0.3 is 5.11 Å². The monoisotopic (exact) mass is 244 g/mol. The molecular weight excluding hydrogens is 228 g/mol. The van der Waals surface area contributed by atoms with Gasteiger partial charge in [0.1, 0.15) is 0 Å². The molecule has 0 saturated carbocycles. The van der Waals surface area contributed by atoms with Crippen LogP contribution in [-0.4, -0.2) is 20.9 Å². The Balaban J connectivity index is 2.45. The molecular formula is C14H16N2O2. The first-order valence-electron chi connectivity index (χ1n) is 5.93. The molecule has 1 N–H and O–H groups in total. The average molecular weight is 244 g/mol. The van der Waals surface area contributed by atoms with Crippen molar-refractivity contribution in [3.8, 4) is 11.3 Å². The molecule has 0 atom stereocenters. The maximum atomic E-state index is 10.7. The Hall–Kier alpha value is -2.10. The van der Waals surface area contributed by atoms with Crippen LogP contribution in [0, 0.1) is 0 Å². The third kappa shape index (κ3) is 2.59. The zero-order valence-electron chi connectivity index (χ0n) is 10.5. The minimum atomic E-state index is -0.858. The molecule has 0 aliphatic rings. The van der Waals surface area contributed by atoms with Crippen molar-refractivity contribution in [1.29, 1.82) is 0 Å². The molecule has 18 heavy (non-hydrogen) atoms. The van der Waals surface area contributed by atoms with Gasteiger partial charge in [-0.3, -0.25) is 9.48 Å². The van der Waals surface area contributed by atoms with Crippen molar-refractivity contribution in [3.63, 3.8) is 0 Å². The molecule has 2 aromatic rings. The summed E-state index contributed by atoms with van der Waals surface area (Å²) >= 11 is 0. The number of hydrogen-bond donors (Lipinski definition) is 1. The number of carboxylic acid groups (broad SMARTS) is 1. The number of nitrogens with zero attached hydrogens (tertiary/aromatic N) is 2. The lowest BCUT2D eigenvalue weighted by Gasteiger charge is -2.10. The lowest BCUT2D eigenvalue weighted by Crippen LogP contribution is -2.06. The molecule has 0 saturated heterocycles. The fraction of sp³-hybridized carbons (Fsp3) is 0.286. The Kier molecular flexibility index (Phi) is 3.46. The molecule has 2 rings (SSSR count). The summed E-state index contributed by atoms with van der Waals surface area (Å²) in [6.07, 6.45) is -0.0421. The van der Waals surface area contributed by atoms with Gasteiger partial charge >= 0.3 is 5.97 Å². The van der Waals surface area contributed by atoms with E-state index in [9.17, 15) is 4.79 Å². The Morgan fingerprint density at radius 2 is 2.00 bits per heavy atom. The van der Waals surface area contributed by atoms with E-state index in [4.69, 9.17) is 5.11 Å². The van der Waals surface area contributed by atoms with E-state index in [1.165, 1.54) is 0 Å². The maximum absolute atomic E-state index is 10.7. The van der Waals surface area contributed by atoms with Crippen LogP contribution in [0.25, 0.3) is 11.3 Å². The van der Waals surface area contributed by atoms with Gasteiger partial charge in [0.2, 0.25) is 0 Å². The summed E-state index contributed by atoms with van der Waals surface area (Å²) in [6, 6.07) is 11.9. The molecule has 1 heterocycles. The predicted octanol–water partition coefficient (Wildman–Crippen LogP) is 2.76. The number of aliphatic carboxylic acids is 1. The van der Waals surface area contributed by atoms with Crippen molar-refractivity contribution in [2.24, 2.45) is 0 Å². The smallest absolute Gasteiger partial charge is 0.309 e. The molecule has 0 amide bonds. The molecule has 1 aromatic heterocycles. The fourth-order valence-corrected chi connectivity index (χ4v) is 1.90. The van der Waals surface area contributed by atoms with Gasteiger partial charge in [-0.05, 0) is 25.5 Å². The van der Waals surface area contributed by atoms with Gasteiger partial charge in [0.25, 0.3) is 0 Å². The molecule has 0 unspecified atom stereocenters. The van der Waals surface area contributed by atoms with Gasteiger partial charge in [0.05, 0.1) is 17.8 Å². The van der Waals surface area contributed by atoms with Crippen molar-refractivity contribution in [1.82, 2.24) is 9.78 Å². The molecule has 0 bridgehead atoms. The fourth-order valence-electron chi connectivity index (χ4n) is 1.90. The lowest BCUT2D eigenvalue weighted by atomic mass is 10.1. The first-order valence-corrected chi connectivity index (χ1v) is 5.93. The molecule has 4 nitrogen and oxygen atoms in total. The molecule has 0 radical (unpaired) electrons. The number of carboxylic acids is 1. The Morgan fingerprint density at radius 1 is 1.33 bits per heavy atom. The first-order chi connectivity index (χ1) is 8.58. The van der Waals surface area contributed by atoms with E-state index in [1.54, 1.807) is 0 Å². The summed E-state index contributed by atoms with van der Waals surface area (Å²) in [5.41, 5.74) is 2.60. The summed E-state index contributed by atoms with van der Waals surface area (Å²) in [5, 5.41) is 13.2. The number of benzene rings is 1. The van der Waals surface area contributed by atoms with Gasteiger partial charge in [-0.1, -0.05) is 30.3 Å². The molecule has 0 aliphatic heterocycles. The second-order valence-corrected chi connectivity index (χ2v) is 4.50. The van der Waals surface area contributed by atoms with Gasteiger partial charge in [0, 0.05) is 6.04 Å². The van der Waals surface area contributed by atoms with Crippen LogP contribution >= 0.6 is 0 Å². The summed E-state index contributed by atoms with van der Waals surface area (Å²) in [7, 11) is 0. The van der Waals surface area contributed by atoms with Crippen LogP contribution < -0.4 is 0 Å². The van der Waals surface area contributed by atoms with Crippen LogP contribution in [0.2, 0.25) is 0 Å². The molecule has 0 spiro atoms. The van der Waals surface area contributed by atoms with Gasteiger partial charge in [-0.15, -0.1) is 0 Å². The van der Waals surface area contributed by atoms with Gasteiger partial charge in [0.15, 0.2) is 0 Å². The minimum Gasteiger partial charge on any atom is -0.481 e. The van der Waals surface area contributed by atoms with E-state index in [1.807, 2.05) is 54.9 Å². The van der Waals surface area contributed by atoms with E-state index in [0.29, 0.717) is 5.69 Å². The normalized spacial score (nSPS) is 10.8. The van der Waals surface area contributed by atoms with Crippen LogP contribution in [0.1, 0.15) is 25.6 Å². The largest absolute Gasteiger partial charge is 0.481 e. The highest BCUT2D eigenvalue weighted by Gasteiger charge is 2.13. The predicted molar refractivity (Wildman–Crippen MR) is 69.4 cm³/mol. The van der Waals surface area contributed by atoms with Gasteiger partial charge in [-0.25, -0.2) is 0 Å². The quantitative estimate of drug-likeness (QED) is 0.899. The Morgan fingerprint density at radius 3 is 2.56 bits per heavy atom. The number of aromatic nitrogens is 2. The highest BCUT2D eigenvalue weighted by Crippen LogP contribution is 2.23. The second kappa shape index (κ2) is 5.04. The van der Waals surface area contributed by atoms with E-state index < -0.39 is 5.97 Å².